The number of aryl methyl sites for hydroxylation is 1. The molecule has 1 heterocycles. The number of nitrogens with zero attached hydrogens (tertiary/aromatic N) is 2. The van der Waals surface area contributed by atoms with Crippen LogP contribution in [-0.4, -0.2) is 34.4 Å². The maximum atomic E-state index is 9.59. The third kappa shape index (κ3) is 3.89. The van der Waals surface area contributed by atoms with Gasteiger partial charge in [0.2, 0.25) is 0 Å². The van der Waals surface area contributed by atoms with Gasteiger partial charge in [-0.3, -0.25) is 4.90 Å². The van der Waals surface area contributed by atoms with Gasteiger partial charge in [0.15, 0.2) is 0 Å². The minimum Gasteiger partial charge on any atom is -0.389 e. The molecule has 0 spiro atoms. The van der Waals surface area contributed by atoms with Crippen molar-refractivity contribution in [3.63, 3.8) is 0 Å². The molecule has 0 atom stereocenters. The average Bonchev–Trinajstić information content (AvgIpc) is 2.30. The van der Waals surface area contributed by atoms with Gasteiger partial charge in [-0.05, 0) is 27.8 Å². The highest BCUT2D eigenvalue weighted by Crippen LogP contribution is 2.08. The first-order valence-corrected chi connectivity index (χ1v) is 4.70. The molecule has 80 valence electrons. The first-order chi connectivity index (χ1) is 6.37. The molecular formula is C10H18N2O2. The Morgan fingerprint density at radius 3 is 2.64 bits per heavy atom. The maximum absolute atomic E-state index is 9.59. The van der Waals surface area contributed by atoms with Crippen molar-refractivity contribution in [3.05, 3.63) is 17.5 Å². The van der Waals surface area contributed by atoms with E-state index in [1.165, 1.54) is 0 Å². The first kappa shape index (κ1) is 11.2. The summed E-state index contributed by atoms with van der Waals surface area (Å²) in [6.07, 6.45) is 0. The number of aliphatic hydroxyl groups is 1. The standard InChI is InChI=1S/C10H18N2O2/c1-8-5-9(11-14-8)6-12(4)7-10(2,3)13/h5,13H,6-7H2,1-4H3. The zero-order valence-electron chi connectivity index (χ0n) is 9.24. The van der Waals surface area contributed by atoms with Crippen LogP contribution in [0.25, 0.3) is 0 Å². The first-order valence-electron chi connectivity index (χ1n) is 4.70. The Labute approximate surface area is 84.5 Å². The van der Waals surface area contributed by atoms with Crippen LogP contribution >= 0.6 is 0 Å². The average molecular weight is 198 g/mol. The van der Waals surface area contributed by atoms with Gasteiger partial charge >= 0.3 is 0 Å². The minimum atomic E-state index is -0.673. The van der Waals surface area contributed by atoms with Crippen LogP contribution in [0.1, 0.15) is 25.3 Å². The van der Waals surface area contributed by atoms with E-state index in [9.17, 15) is 5.11 Å². The minimum absolute atomic E-state index is 0.610. The number of hydrogen-bond acceptors (Lipinski definition) is 4. The number of likely N-dealkylation sites (N-methyl/N-ethyl adjacent to an activating group) is 1. The largest absolute Gasteiger partial charge is 0.389 e. The molecule has 1 aromatic heterocycles. The van der Waals surface area contributed by atoms with Crippen LogP contribution in [-0.2, 0) is 6.54 Å². The Morgan fingerprint density at radius 2 is 2.21 bits per heavy atom. The monoisotopic (exact) mass is 198 g/mol. The molecule has 0 bridgehead atoms. The van der Waals surface area contributed by atoms with Crippen molar-refractivity contribution in [2.45, 2.75) is 32.9 Å². The van der Waals surface area contributed by atoms with Crippen LogP contribution in [0, 0.1) is 6.92 Å². The van der Waals surface area contributed by atoms with Crippen molar-refractivity contribution in [3.8, 4) is 0 Å². The predicted octanol–water partition coefficient (Wildman–Crippen LogP) is 1.19. The van der Waals surface area contributed by atoms with Crippen LogP contribution in [0.3, 0.4) is 0 Å². The normalized spacial score (nSPS) is 12.4. The second-order valence-electron chi connectivity index (χ2n) is 4.41. The Hall–Kier alpha value is -0.870. The molecule has 4 heteroatoms. The van der Waals surface area contributed by atoms with Crippen molar-refractivity contribution in [2.24, 2.45) is 0 Å². The van der Waals surface area contributed by atoms with Crippen molar-refractivity contribution in [2.75, 3.05) is 13.6 Å². The van der Waals surface area contributed by atoms with E-state index in [-0.39, 0.29) is 0 Å². The van der Waals surface area contributed by atoms with E-state index in [0.717, 1.165) is 11.5 Å². The van der Waals surface area contributed by atoms with Gasteiger partial charge in [0.25, 0.3) is 0 Å². The van der Waals surface area contributed by atoms with Crippen molar-refractivity contribution in [1.29, 1.82) is 0 Å². The molecule has 0 aliphatic rings. The van der Waals surface area contributed by atoms with E-state index < -0.39 is 5.60 Å². The molecular weight excluding hydrogens is 180 g/mol. The van der Waals surface area contributed by atoms with Gasteiger partial charge in [0, 0.05) is 19.2 Å². The van der Waals surface area contributed by atoms with Crippen LogP contribution in [0.2, 0.25) is 0 Å². The lowest BCUT2D eigenvalue weighted by molar-refractivity contribution is 0.0419. The van der Waals surface area contributed by atoms with E-state index in [0.29, 0.717) is 13.1 Å². The van der Waals surface area contributed by atoms with Crippen LogP contribution in [0.15, 0.2) is 10.6 Å². The third-order valence-corrected chi connectivity index (χ3v) is 1.77. The summed E-state index contributed by atoms with van der Waals surface area (Å²) in [6, 6.07) is 1.90. The summed E-state index contributed by atoms with van der Waals surface area (Å²) in [4.78, 5) is 2.01. The molecule has 1 aromatic rings. The fraction of sp³-hybridized carbons (Fsp3) is 0.700. The SMILES string of the molecule is Cc1cc(CN(C)CC(C)(C)O)no1. The van der Waals surface area contributed by atoms with Crippen LogP contribution in [0.4, 0.5) is 0 Å². The van der Waals surface area contributed by atoms with E-state index in [1.54, 1.807) is 13.8 Å². The Bertz CT molecular complexity index is 289. The number of hydrogen-bond donors (Lipinski definition) is 1. The lowest BCUT2D eigenvalue weighted by Gasteiger charge is -2.24. The summed E-state index contributed by atoms with van der Waals surface area (Å²) in [5.74, 6) is 0.816. The van der Waals surface area contributed by atoms with Gasteiger partial charge in [-0.2, -0.15) is 0 Å². The van der Waals surface area contributed by atoms with E-state index >= 15 is 0 Å². The van der Waals surface area contributed by atoms with Crippen molar-refractivity contribution in [1.82, 2.24) is 10.1 Å². The summed E-state index contributed by atoms with van der Waals surface area (Å²) >= 11 is 0. The molecule has 0 saturated carbocycles. The molecule has 14 heavy (non-hydrogen) atoms. The molecule has 0 aromatic carbocycles. The van der Waals surface area contributed by atoms with Gasteiger partial charge in [0.05, 0.1) is 11.3 Å². The van der Waals surface area contributed by atoms with E-state index in [4.69, 9.17) is 4.52 Å². The fourth-order valence-corrected chi connectivity index (χ4v) is 1.49. The Kier molecular flexibility index (Phi) is 3.29. The molecule has 1 N–H and O–H groups in total. The lowest BCUT2D eigenvalue weighted by Crippen LogP contribution is -2.35. The zero-order chi connectivity index (χ0) is 10.8. The molecule has 0 amide bonds. The topological polar surface area (TPSA) is 49.5 Å². The quantitative estimate of drug-likeness (QED) is 0.789. The summed E-state index contributed by atoms with van der Waals surface area (Å²) < 4.78 is 4.96. The molecule has 0 unspecified atom stereocenters. The third-order valence-electron chi connectivity index (χ3n) is 1.77. The molecule has 0 fully saturated rings. The molecule has 0 aliphatic heterocycles. The van der Waals surface area contributed by atoms with Crippen LogP contribution in [0.5, 0.6) is 0 Å². The summed E-state index contributed by atoms with van der Waals surface area (Å²) in [5.41, 5.74) is 0.224. The second-order valence-corrected chi connectivity index (χ2v) is 4.41. The van der Waals surface area contributed by atoms with Gasteiger partial charge in [-0.15, -0.1) is 0 Å². The Balaban J connectivity index is 2.45. The summed E-state index contributed by atoms with van der Waals surface area (Å²) in [5, 5.41) is 13.5. The fourth-order valence-electron chi connectivity index (χ4n) is 1.49. The van der Waals surface area contributed by atoms with E-state index in [1.807, 2.05) is 24.9 Å². The van der Waals surface area contributed by atoms with Crippen molar-refractivity contribution >= 4 is 0 Å². The predicted molar refractivity (Wildman–Crippen MR) is 53.9 cm³/mol. The highest BCUT2D eigenvalue weighted by atomic mass is 16.5. The summed E-state index contributed by atoms with van der Waals surface area (Å²) in [7, 11) is 1.95. The van der Waals surface area contributed by atoms with Gasteiger partial charge in [-0.1, -0.05) is 5.16 Å². The van der Waals surface area contributed by atoms with E-state index in [2.05, 4.69) is 5.16 Å². The molecule has 1 rings (SSSR count). The maximum Gasteiger partial charge on any atom is 0.133 e. The zero-order valence-corrected chi connectivity index (χ0v) is 9.24. The Morgan fingerprint density at radius 1 is 1.57 bits per heavy atom. The smallest absolute Gasteiger partial charge is 0.133 e. The number of rotatable bonds is 4. The second kappa shape index (κ2) is 4.11. The highest BCUT2D eigenvalue weighted by Gasteiger charge is 2.16. The van der Waals surface area contributed by atoms with Gasteiger partial charge in [0.1, 0.15) is 5.76 Å². The summed E-state index contributed by atoms with van der Waals surface area (Å²) in [6.45, 7) is 6.75. The lowest BCUT2D eigenvalue weighted by atomic mass is 10.1. The van der Waals surface area contributed by atoms with Crippen molar-refractivity contribution < 1.29 is 9.63 Å². The van der Waals surface area contributed by atoms with Gasteiger partial charge in [-0.25, -0.2) is 0 Å². The van der Waals surface area contributed by atoms with Crippen LogP contribution < -0.4 is 0 Å². The van der Waals surface area contributed by atoms with Gasteiger partial charge < -0.3 is 9.63 Å². The molecule has 0 aliphatic carbocycles. The molecule has 4 nitrogen and oxygen atoms in total. The molecule has 0 saturated heterocycles. The number of aromatic nitrogens is 1. The highest BCUT2D eigenvalue weighted by molar-refractivity contribution is 5.03. The molecule has 0 radical (unpaired) electrons.